The number of nitrogens with one attached hydrogen (secondary N) is 1. The molecule has 3 aromatic rings. The summed E-state index contributed by atoms with van der Waals surface area (Å²) in [5.74, 6) is 1.31. The Morgan fingerprint density at radius 3 is 2.57 bits per heavy atom. The zero-order valence-electron chi connectivity index (χ0n) is 15.1. The molecule has 0 spiro atoms. The van der Waals surface area contributed by atoms with Gasteiger partial charge in [0.25, 0.3) is 5.91 Å². The van der Waals surface area contributed by atoms with Gasteiger partial charge in [-0.1, -0.05) is 41.3 Å². The molecule has 1 amide bonds. The Morgan fingerprint density at radius 2 is 1.89 bits per heavy atom. The number of rotatable bonds is 7. The summed E-state index contributed by atoms with van der Waals surface area (Å²) in [6.07, 6.45) is 0. The van der Waals surface area contributed by atoms with E-state index in [2.05, 4.69) is 21.6 Å². The first-order valence-corrected chi connectivity index (χ1v) is 9.92. The highest BCUT2D eigenvalue weighted by Gasteiger charge is 2.13. The van der Waals surface area contributed by atoms with Gasteiger partial charge in [0.05, 0.1) is 25.9 Å². The fourth-order valence-electron chi connectivity index (χ4n) is 2.32. The number of nitriles is 1. The maximum atomic E-state index is 12.5. The van der Waals surface area contributed by atoms with Gasteiger partial charge in [0, 0.05) is 17.4 Å². The zero-order chi connectivity index (χ0) is 19.9. The van der Waals surface area contributed by atoms with E-state index in [0.29, 0.717) is 37.8 Å². The molecule has 0 atom stereocenters. The van der Waals surface area contributed by atoms with Crippen molar-refractivity contribution in [2.24, 2.45) is 0 Å². The lowest BCUT2D eigenvalue weighted by Gasteiger charge is -2.07. The van der Waals surface area contributed by atoms with Crippen LogP contribution in [0.15, 0.2) is 46.8 Å². The van der Waals surface area contributed by atoms with E-state index in [-0.39, 0.29) is 5.91 Å². The molecule has 0 fully saturated rings. The van der Waals surface area contributed by atoms with Crippen molar-refractivity contribution in [3.05, 3.63) is 59.2 Å². The number of hydrogen-bond donors (Lipinski definition) is 1. The van der Waals surface area contributed by atoms with Crippen LogP contribution in [0.3, 0.4) is 0 Å². The second-order valence-electron chi connectivity index (χ2n) is 5.49. The Kier molecular flexibility index (Phi) is 6.47. The number of nitrogens with zero attached hydrogens (tertiary/aromatic N) is 3. The van der Waals surface area contributed by atoms with Crippen LogP contribution >= 0.6 is 23.1 Å². The first kappa shape index (κ1) is 19.7. The van der Waals surface area contributed by atoms with Gasteiger partial charge < -0.3 is 9.47 Å². The van der Waals surface area contributed by atoms with Crippen molar-refractivity contribution < 1.29 is 14.3 Å². The minimum absolute atomic E-state index is 0.334. The Balaban J connectivity index is 1.66. The summed E-state index contributed by atoms with van der Waals surface area (Å²) in [6, 6.07) is 14.5. The summed E-state index contributed by atoms with van der Waals surface area (Å²) in [5.41, 5.74) is 1.96. The molecule has 7 nitrogen and oxygen atoms in total. The molecule has 28 heavy (non-hydrogen) atoms. The lowest BCUT2D eigenvalue weighted by atomic mass is 10.1. The fourth-order valence-corrected chi connectivity index (χ4v) is 4.07. The summed E-state index contributed by atoms with van der Waals surface area (Å²) in [7, 11) is 3.05. The third kappa shape index (κ3) is 4.79. The monoisotopic (exact) mass is 412 g/mol. The van der Waals surface area contributed by atoms with E-state index in [1.807, 2.05) is 18.2 Å². The van der Waals surface area contributed by atoms with E-state index in [4.69, 9.17) is 14.7 Å². The predicted molar refractivity (Wildman–Crippen MR) is 108 cm³/mol. The van der Waals surface area contributed by atoms with Gasteiger partial charge in [-0.3, -0.25) is 10.1 Å². The normalized spacial score (nSPS) is 10.2. The molecule has 142 valence electrons. The van der Waals surface area contributed by atoms with E-state index in [1.165, 1.54) is 37.3 Å². The number of thioether (sulfide) groups is 1. The lowest BCUT2D eigenvalue weighted by Crippen LogP contribution is -2.12. The van der Waals surface area contributed by atoms with Crippen molar-refractivity contribution >= 4 is 34.1 Å². The van der Waals surface area contributed by atoms with E-state index in [9.17, 15) is 4.79 Å². The van der Waals surface area contributed by atoms with Crippen LogP contribution in [-0.2, 0) is 5.75 Å². The maximum Gasteiger partial charge on any atom is 0.257 e. The van der Waals surface area contributed by atoms with Crippen LogP contribution in [0.5, 0.6) is 11.5 Å². The molecule has 0 bridgehead atoms. The molecule has 1 heterocycles. The van der Waals surface area contributed by atoms with Gasteiger partial charge in [-0.15, -0.1) is 10.2 Å². The van der Waals surface area contributed by atoms with Crippen LogP contribution in [0, 0.1) is 11.3 Å². The zero-order valence-corrected chi connectivity index (χ0v) is 16.8. The number of carbonyl (C=O) groups excluding carboxylic acids is 1. The first-order chi connectivity index (χ1) is 13.6. The van der Waals surface area contributed by atoms with Crippen LogP contribution in [-0.4, -0.2) is 30.3 Å². The minimum Gasteiger partial charge on any atom is -0.497 e. The van der Waals surface area contributed by atoms with Gasteiger partial charge in [-0.05, 0) is 23.8 Å². The molecule has 0 aliphatic carbocycles. The number of carbonyl (C=O) groups is 1. The van der Waals surface area contributed by atoms with Crippen molar-refractivity contribution in [3.8, 4) is 17.6 Å². The van der Waals surface area contributed by atoms with Gasteiger partial charge in [-0.25, -0.2) is 0 Å². The van der Waals surface area contributed by atoms with Crippen molar-refractivity contribution in [2.45, 2.75) is 10.1 Å². The van der Waals surface area contributed by atoms with Gasteiger partial charge in [0.1, 0.15) is 11.5 Å². The van der Waals surface area contributed by atoms with Crippen molar-refractivity contribution in [3.63, 3.8) is 0 Å². The highest BCUT2D eigenvalue weighted by molar-refractivity contribution is 8.00. The average Bonchev–Trinajstić information content (AvgIpc) is 3.19. The molecule has 3 rings (SSSR count). The molecule has 9 heteroatoms. The van der Waals surface area contributed by atoms with Gasteiger partial charge in [0.15, 0.2) is 4.34 Å². The molecule has 0 unspecified atom stereocenters. The number of hydrogen-bond acceptors (Lipinski definition) is 8. The quantitative estimate of drug-likeness (QED) is 0.463. The van der Waals surface area contributed by atoms with Crippen LogP contribution < -0.4 is 14.8 Å². The van der Waals surface area contributed by atoms with Crippen molar-refractivity contribution in [1.82, 2.24) is 10.2 Å². The molecule has 2 aromatic carbocycles. The van der Waals surface area contributed by atoms with Crippen LogP contribution in [0.2, 0.25) is 0 Å². The summed E-state index contributed by atoms with van der Waals surface area (Å²) in [5, 5.41) is 20.4. The number of anilines is 1. The summed E-state index contributed by atoms with van der Waals surface area (Å²) in [6.45, 7) is 0. The third-order valence-corrected chi connectivity index (χ3v) is 5.75. The van der Waals surface area contributed by atoms with Crippen LogP contribution in [0.4, 0.5) is 5.13 Å². The molecule has 0 aliphatic rings. The molecule has 0 radical (unpaired) electrons. The topological polar surface area (TPSA) is 97.1 Å². The largest absolute Gasteiger partial charge is 0.497 e. The summed E-state index contributed by atoms with van der Waals surface area (Å²) >= 11 is 2.73. The van der Waals surface area contributed by atoms with Crippen molar-refractivity contribution in [1.29, 1.82) is 5.26 Å². The average molecular weight is 412 g/mol. The lowest BCUT2D eigenvalue weighted by molar-refractivity contribution is 0.102. The summed E-state index contributed by atoms with van der Waals surface area (Å²) < 4.78 is 11.1. The maximum absolute atomic E-state index is 12.5. The Hall–Kier alpha value is -3.09. The number of ether oxygens (including phenoxy) is 2. The van der Waals surface area contributed by atoms with Gasteiger partial charge >= 0.3 is 0 Å². The third-order valence-electron chi connectivity index (χ3n) is 3.73. The SMILES string of the molecule is COc1cc(OC)cc(C(=O)Nc2nnc(SCc3ccccc3C#N)s2)c1. The second-order valence-corrected chi connectivity index (χ2v) is 7.69. The minimum atomic E-state index is -0.334. The highest BCUT2D eigenvalue weighted by atomic mass is 32.2. The number of benzene rings is 2. The molecule has 0 saturated carbocycles. The second kappa shape index (κ2) is 9.21. The number of methoxy groups -OCH3 is 2. The number of aromatic nitrogens is 2. The van der Waals surface area contributed by atoms with E-state index in [0.717, 1.165) is 5.56 Å². The Morgan fingerprint density at radius 1 is 1.18 bits per heavy atom. The molecular formula is C19H16N4O3S2. The molecule has 1 N–H and O–H groups in total. The van der Waals surface area contributed by atoms with Gasteiger partial charge in [-0.2, -0.15) is 5.26 Å². The Bertz CT molecular complexity index is 1010. The summed E-state index contributed by atoms with van der Waals surface area (Å²) in [4.78, 5) is 12.5. The van der Waals surface area contributed by atoms with Gasteiger partial charge in [0.2, 0.25) is 5.13 Å². The fraction of sp³-hybridized carbons (Fsp3) is 0.158. The van der Waals surface area contributed by atoms with Crippen molar-refractivity contribution in [2.75, 3.05) is 19.5 Å². The highest BCUT2D eigenvalue weighted by Crippen LogP contribution is 2.30. The number of amides is 1. The predicted octanol–water partition coefficient (Wildman–Crippen LogP) is 3.97. The first-order valence-electron chi connectivity index (χ1n) is 8.11. The standard InChI is InChI=1S/C19H16N4O3S2/c1-25-15-7-14(8-16(9-15)26-2)17(24)21-18-22-23-19(28-18)27-11-13-6-4-3-5-12(13)10-20/h3-9H,11H2,1-2H3,(H,21,22,24). The smallest absolute Gasteiger partial charge is 0.257 e. The van der Waals surface area contributed by atoms with Crippen LogP contribution in [0.25, 0.3) is 0 Å². The molecule has 1 aromatic heterocycles. The molecular weight excluding hydrogens is 396 g/mol. The van der Waals surface area contributed by atoms with E-state index < -0.39 is 0 Å². The molecule has 0 aliphatic heterocycles. The molecule has 0 saturated heterocycles. The van der Waals surface area contributed by atoms with E-state index >= 15 is 0 Å². The van der Waals surface area contributed by atoms with Crippen LogP contribution in [0.1, 0.15) is 21.5 Å². The Labute approximate surface area is 170 Å². The van der Waals surface area contributed by atoms with E-state index in [1.54, 1.807) is 24.3 Å².